The number of halogens is 1. The molecule has 22 heavy (non-hydrogen) atoms. The van der Waals surface area contributed by atoms with Gasteiger partial charge < -0.3 is 19.7 Å². The number of urea groups is 1. The summed E-state index contributed by atoms with van der Waals surface area (Å²) in [7, 11) is 3.34. The van der Waals surface area contributed by atoms with Gasteiger partial charge in [-0.15, -0.1) is 0 Å². The minimum Gasteiger partial charge on any atom is -0.381 e. The van der Waals surface area contributed by atoms with E-state index in [0.29, 0.717) is 11.6 Å². The van der Waals surface area contributed by atoms with Crippen LogP contribution in [0.15, 0.2) is 24.3 Å². The number of nitrogens with zero attached hydrogens (tertiary/aromatic N) is 1. The lowest BCUT2D eigenvalue weighted by Gasteiger charge is -2.31. The Morgan fingerprint density at radius 1 is 1.41 bits per heavy atom. The number of piperidine rings is 1. The molecule has 0 saturated carbocycles. The molecule has 122 valence electrons. The largest absolute Gasteiger partial charge is 0.381 e. The van der Waals surface area contributed by atoms with Gasteiger partial charge in [-0.2, -0.15) is 0 Å². The van der Waals surface area contributed by atoms with E-state index in [-0.39, 0.29) is 18.2 Å². The number of carbonyl (C=O) groups excluding carboxylic acids is 1. The average molecular weight is 327 g/mol. The molecule has 0 aliphatic carbocycles. The molecule has 1 aliphatic rings. The molecule has 0 spiro atoms. The molecule has 2 amide bonds. The van der Waals surface area contributed by atoms with Crippen LogP contribution in [0.5, 0.6) is 0 Å². The first-order valence-electron chi connectivity index (χ1n) is 7.48. The van der Waals surface area contributed by atoms with Crippen LogP contribution >= 0.6 is 11.6 Å². The van der Waals surface area contributed by atoms with Gasteiger partial charge in [0.2, 0.25) is 0 Å². The molecule has 1 saturated heterocycles. The molecule has 0 aromatic heterocycles. The Morgan fingerprint density at radius 3 is 2.73 bits per heavy atom. The van der Waals surface area contributed by atoms with Crippen LogP contribution in [0.25, 0.3) is 0 Å². The van der Waals surface area contributed by atoms with E-state index in [1.54, 1.807) is 14.2 Å². The van der Waals surface area contributed by atoms with E-state index >= 15 is 0 Å². The van der Waals surface area contributed by atoms with Crippen LogP contribution in [0.3, 0.4) is 0 Å². The SMILES string of the molecule is COC1CCN(C(=O)NC[C@@H](OC)c2cccc(Cl)c2)CC1. The third-order valence-corrected chi connectivity index (χ3v) is 4.24. The van der Waals surface area contributed by atoms with E-state index in [1.807, 2.05) is 29.2 Å². The van der Waals surface area contributed by atoms with Crippen molar-refractivity contribution in [2.45, 2.75) is 25.0 Å². The van der Waals surface area contributed by atoms with Crippen LogP contribution in [0.4, 0.5) is 4.79 Å². The fraction of sp³-hybridized carbons (Fsp3) is 0.562. The van der Waals surface area contributed by atoms with E-state index in [1.165, 1.54) is 0 Å². The molecular weight excluding hydrogens is 304 g/mol. The van der Waals surface area contributed by atoms with Gasteiger partial charge in [0.25, 0.3) is 0 Å². The molecule has 1 aliphatic heterocycles. The highest BCUT2D eigenvalue weighted by molar-refractivity contribution is 6.30. The normalized spacial score (nSPS) is 17.3. The van der Waals surface area contributed by atoms with Crippen molar-refractivity contribution in [1.82, 2.24) is 10.2 Å². The predicted octanol–water partition coefficient (Wildman–Crippen LogP) is 2.85. The van der Waals surface area contributed by atoms with E-state index in [0.717, 1.165) is 31.5 Å². The van der Waals surface area contributed by atoms with Gasteiger partial charge in [0, 0.05) is 38.9 Å². The van der Waals surface area contributed by atoms with Gasteiger partial charge in [0.05, 0.1) is 12.2 Å². The molecule has 0 radical (unpaired) electrons. The number of hydrogen-bond donors (Lipinski definition) is 1. The number of likely N-dealkylation sites (tertiary alicyclic amines) is 1. The standard InChI is InChI=1S/C16H23ClN2O3/c1-21-14-6-8-19(9-7-14)16(20)18-11-15(22-2)12-4-3-5-13(17)10-12/h3-5,10,14-15H,6-9,11H2,1-2H3,(H,18,20)/t15-/m1/s1. The summed E-state index contributed by atoms with van der Waals surface area (Å²) in [5, 5.41) is 3.59. The average Bonchev–Trinajstić information content (AvgIpc) is 2.55. The van der Waals surface area contributed by atoms with Gasteiger partial charge in [-0.05, 0) is 30.5 Å². The second-order valence-electron chi connectivity index (χ2n) is 5.39. The molecule has 0 unspecified atom stereocenters. The maximum atomic E-state index is 12.2. The second kappa shape index (κ2) is 8.36. The third-order valence-electron chi connectivity index (χ3n) is 4.01. The van der Waals surface area contributed by atoms with Crippen LogP contribution < -0.4 is 5.32 Å². The fourth-order valence-electron chi connectivity index (χ4n) is 2.63. The first-order valence-corrected chi connectivity index (χ1v) is 7.85. The van der Waals surface area contributed by atoms with Crippen LogP contribution in [0.1, 0.15) is 24.5 Å². The maximum absolute atomic E-state index is 12.2. The third kappa shape index (κ3) is 4.60. The molecule has 0 bridgehead atoms. The van der Waals surface area contributed by atoms with E-state index < -0.39 is 0 Å². The number of ether oxygens (including phenoxy) is 2. The summed E-state index contributed by atoms with van der Waals surface area (Å²) >= 11 is 5.99. The van der Waals surface area contributed by atoms with Crippen molar-refractivity contribution < 1.29 is 14.3 Å². The molecule has 1 fully saturated rings. The highest BCUT2D eigenvalue weighted by Crippen LogP contribution is 2.20. The lowest BCUT2D eigenvalue weighted by atomic mass is 10.1. The van der Waals surface area contributed by atoms with Crippen molar-refractivity contribution in [3.63, 3.8) is 0 Å². The summed E-state index contributed by atoms with van der Waals surface area (Å²) in [4.78, 5) is 14.0. The molecule has 1 N–H and O–H groups in total. The maximum Gasteiger partial charge on any atom is 0.317 e. The van der Waals surface area contributed by atoms with Gasteiger partial charge in [-0.1, -0.05) is 23.7 Å². The topological polar surface area (TPSA) is 50.8 Å². The van der Waals surface area contributed by atoms with Crippen LogP contribution in [0, 0.1) is 0 Å². The summed E-state index contributed by atoms with van der Waals surface area (Å²) in [5.74, 6) is 0. The smallest absolute Gasteiger partial charge is 0.317 e. The second-order valence-corrected chi connectivity index (χ2v) is 5.82. The zero-order valence-electron chi connectivity index (χ0n) is 13.0. The highest BCUT2D eigenvalue weighted by atomic mass is 35.5. The van der Waals surface area contributed by atoms with Crippen LogP contribution in [0.2, 0.25) is 5.02 Å². The number of hydrogen-bond acceptors (Lipinski definition) is 3. The van der Waals surface area contributed by atoms with Crippen molar-refractivity contribution in [2.24, 2.45) is 0 Å². The van der Waals surface area contributed by atoms with Crippen molar-refractivity contribution >= 4 is 17.6 Å². The van der Waals surface area contributed by atoms with E-state index in [4.69, 9.17) is 21.1 Å². The number of amides is 2. The molecule has 2 rings (SSSR count). The lowest BCUT2D eigenvalue weighted by Crippen LogP contribution is -2.46. The molecular formula is C16H23ClN2O3. The monoisotopic (exact) mass is 326 g/mol. The Bertz CT molecular complexity index is 490. The molecule has 1 aromatic rings. The Morgan fingerprint density at radius 2 is 2.14 bits per heavy atom. The number of methoxy groups -OCH3 is 2. The van der Waals surface area contributed by atoms with Crippen molar-refractivity contribution in [2.75, 3.05) is 33.9 Å². The van der Waals surface area contributed by atoms with Crippen LogP contribution in [-0.4, -0.2) is 50.9 Å². The number of benzene rings is 1. The van der Waals surface area contributed by atoms with Crippen molar-refractivity contribution in [3.8, 4) is 0 Å². The Balaban J connectivity index is 1.84. The minimum atomic E-state index is -0.209. The Labute approximate surface area is 136 Å². The summed E-state index contributed by atoms with van der Waals surface area (Å²) in [5.41, 5.74) is 0.952. The molecule has 1 atom stereocenters. The van der Waals surface area contributed by atoms with Gasteiger partial charge in [0.15, 0.2) is 0 Å². The zero-order chi connectivity index (χ0) is 15.9. The Hall–Kier alpha value is -1.30. The first kappa shape index (κ1) is 17.1. The van der Waals surface area contributed by atoms with Gasteiger partial charge >= 0.3 is 6.03 Å². The van der Waals surface area contributed by atoms with Gasteiger partial charge in [-0.3, -0.25) is 0 Å². The highest BCUT2D eigenvalue weighted by Gasteiger charge is 2.23. The van der Waals surface area contributed by atoms with Gasteiger partial charge in [-0.25, -0.2) is 4.79 Å². The Kier molecular flexibility index (Phi) is 6.49. The summed E-state index contributed by atoms with van der Waals surface area (Å²) in [6, 6.07) is 7.43. The first-order chi connectivity index (χ1) is 10.6. The zero-order valence-corrected chi connectivity index (χ0v) is 13.8. The molecule has 1 aromatic carbocycles. The lowest BCUT2D eigenvalue weighted by molar-refractivity contribution is 0.0490. The molecule has 1 heterocycles. The summed E-state index contributed by atoms with van der Waals surface area (Å²) in [6.45, 7) is 1.86. The molecule has 5 nitrogen and oxygen atoms in total. The van der Waals surface area contributed by atoms with Crippen molar-refractivity contribution in [3.05, 3.63) is 34.9 Å². The summed E-state index contributed by atoms with van der Waals surface area (Å²) < 4.78 is 10.8. The van der Waals surface area contributed by atoms with Gasteiger partial charge in [0.1, 0.15) is 0 Å². The summed E-state index contributed by atoms with van der Waals surface area (Å²) in [6.07, 6.45) is 1.82. The quantitative estimate of drug-likeness (QED) is 0.905. The number of rotatable bonds is 5. The predicted molar refractivity (Wildman–Crippen MR) is 86.2 cm³/mol. The fourth-order valence-corrected chi connectivity index (χ4v) is 2.83. The molecule has 6 heteroatoms. The number of nitrogens with one attached hydrogen (secondary N) is 1. The number of carbonyl (C=O) groups is 1. The van der Waals surface area contributed by atoms with E-state index in [2.05, 4.69) is 5.32 Å². The van der Waals surface area contributed by atoms with Crippen LogP contribution in [-0.2, 0) is 9.47 Å². The van der Waals surface area contributed by atoms with Crippen molar-refractivity contribution in [1.29, 1.82) is 0 Å². The van der Waals surface area contributed by atoms with E-state index in [9.17, 15) is 4.79 Å². The minimum absolute atomic E-state index is 0.0568.